The number of para-hydroxylation sites is 1. The van der Waals surface area contributed by atoms with Crippen LogP contribution in [0.15, 0.2) is 48.7 Å². The Morgan fingerprint density at radius 2 is 2.04 bits per heavy atom. The number of nitrogens with one attached hydrogen (secondary N) is 1. The number of aromatic nitrogens is 1. The fraction of sp³-hybridized carbons (Fsp3) is 0.400. The molecule has 1 N–H and O–H groups in total. The first-order valence-electron chi connectivity index (χ1n) is 8.81. The van der Waals surface area contributed by atoms with E-state index >= 15 is 0 Å². The Hall–Kier alpha value is -2.56. The molecule has 5 nitrogen and oxygen atoms in total. The smallest absolute Gasteiger partial charge is 0.318 e. The van der Waals surface area contributed by atoms with Crippen molar-refractivity contribution in [3.63, 3.8) is 0 Å². The first kappa shape index (κ1) is 17.3. The van der Waals surface area contributed by atoms with Gasteiger partial charge < -0.3 is 15.0 Å². The van der Waals surface area contributed by atoms with Crippen LogP contribution in [0.2, 0.25) is 0 Å². The zero-order valence-electron chi connectivity index (χ0n) is 14.8. The first-order valence-corrected chi connectivity index (χ1v) is 8.81. The molecule has 3 rings (SSSR count). The van der Waals surface area contributed by atoms with Crippen LogP contribution in [0.25, 0.3) is 0 Å². The molecule has 1 aliphatic rings. The van der Waals surface area contributed by atoms with Crippen LogP contribution in [-0.4, -0.2) is 35.6 Å². The Kier molecular flexibility index (Phi) is 5.53. The highest BCUT2D eigenvalue weighted by atomic mass is 16.5. The van der Waals surface area contributed by atoms with Crippen LogP contribution in [0.5, 0.6) is 5.75 Å². The Labute approximate surface area is 149 Å². The van der Waals surface area contributed by atoms with E-state index in [0.29, 0.717) is 0 Å². The number of carbonyl (C=O) groups is 1. The number of hydrogen-bond acceptors (Lipinski definition) is 3. The normalized spacial score (nSPS) is 18.5. The number of piperidine rings is 1. The van der Waals surface area contributed by atoms with Gasteiger partial charge in [0.1, 0.15) is 11.8 Å². The second kappa shape index (κ2) is 8.01. The lowest BCUT2D eigenvalue weighted by molar-refractivity contribution is 0.156. The van der Waals surface area contributed by atoms with Gasteiger partial charge in [-0.2, -0.15) is 0 Å². The summed E-state index contributed by atoms with van der Waals surface area (Å²) < 4.78 is 5.50. The molecule has 2 amide bonds. The molecule has 2 atom stereocenters. The van der Waals surface area contributed by atoms with Gasteiger partial charge in [0, 0.05) is 24.3 Å². The fourth-order valence-electron chi connectivity index (χ4n) is 3.37. The van der Waals surface area contributed by atoms with E-state index in [4.69, 9.17) is 4.74 Å². The number of hydrogen-bond donors (Lipinski definition) is 1. The van der Waals surface area contributed by atoms with Crippen molar-refractivity contribution in [3.8, 4) is 5.75 Å². The average Bonchev–Trinajstić information content (AvgIpc) is 2.67. The lowest BCUT2D eigenvalue weighted by Gasteiger charge is -2.34. The van der Waals surface area contributed by atoms with Crippen molar-refractivity contribution in [1.29, 1.82) is 0 Å². The molecule has 1 aromatic carbocycles. The van der Waals surface area contributed by atoms with Gasteiger partial charge in [-0.05, 0) is 44.4 Å². The number of amides is 2. The van der Waals surface area contributed by atoms with Gasteiger partial charge in [-0.25, -0.2) is 4.79 Å². The van der Waals surface area contributed by atoms with Crippen LogP contribution < -0.4 is 10.1 Å². The molecule has 25 heavy (non-hydrogen) atoms. The third-order valence-electron chi connectivity index (χ3n) is 4.77. The molecule has 0 saturated carbocycles. The maximum Gasteiger partial charge on any atom is 0.318 e. The summed E-state index contributed by atoms with van der Waals surface area (Å²) in [4.78, 5) is 19.3. The van der Waals surface area contributed by atoms with Crippen LogP contribution in [0.3, 0.4) is 0 Å². The zero-order chi connectivity index (χ0) is 17.6. The predicted molar refractivity (Wildman–Crippen MR) is 97.6 cm³/mol. The Morgan fingerprint density at radius 1 is 1.24 bits per heavy atom. The Bertz CT molecular complexity index is 705. The van der Waals surface area contributed by atoms with Gasteiger partial charge in [-0.3, -0.25) is 4.98 Å². The van der Waals surface area contributed by atoms with E-state index in [1.54, 1.807) is 13.3 Å². The monoisotopic (exact) mass is 339 g/mol. The van der Waals surface area contributed by atoms with E-state index in [0.717, 1.165) is 36.4 Å². The zero-order valence-corrected chi connectivity index (χ0v) is 14.8. The van der Waals surface area contributed by atoms with Gasteiger partial charge >= 0.3 is 6.03 Å². The Morgan fingerprint density at radius 3 is 2.76 bits per heavy atom. The topological polar surface area (TPSA) is 54.5 Å². The van der Waals surface area contributed by atoms with E-state index in [1.165, 1.54) is 6.42 Å². The number of carbonyl (C=O) groups excluding carboxylic acids is 1. The summed E-state index contributed by atoms with van der Waals surface area (Å²) in [7, 11) is 1.64. The molecule has 0 bridgehead atoms. The maximum atomic E-state index is 12.9. The summed E-state index contributed by atoms with van der Waals surface area (Å²) in [6.07, 6.45) is 5.03. The first-order chi connectivity index (χ1) is 12.2. The molecule has 2 heterocycles. The summed E-state index contributed by atoms with van der Waals surface area (Å²) in [6.45, 7) is 2.91. The average molecular weight is 339 g/mol. The quantitative estimate of drug-likeness (QED) is 0.923. The molecule has 1 aromatic heterocycles. The molecule has 2 aromatic rings. The molecule has 0 radical (unpaired) electrons. The minimum absolute atomic E-state index is 0.0474. The highest BCUT2D eigenvalue weighted by Crippen LogP contribution is 2.29. The third-order valence-corrected chi connectivity index (χ3v) is 4.77. The number of ether oxygens (including phenoxy) is 1. The van der Waals surface area contributed by atoms with Crippen LogP contribution >= 0.6 is 0 Å². The van der Waals surface area contributed by atoms with Gasteiger partial charge in [-0.15, -0.1) is 0 Å². The molecule has 1 aliphatic heterocycles. The molecule has 0 unspecified atom stereocenters. The molecular weight excluding hydrogens is 314 g/mol. The van der Waals surface area contributed by atoms with Crippen molar-refractivity contribution in [2.75, 3.05) is 13.7 Å². The SMILES string of the molecule is COc1ccccc1[C@@H](NC(=O)N1CCCC[C@@H]1C)c1ccccn1. The lowest BCUT2D eigenvalue weighted by atomic mass is 10.0. The number of urea groups is 1. The number of nitrogens with zero attached hydrogens (tertiary/aromatic N) is 2. The van der Waals surface area contributed by atoms with Crippen LogP contribution in [0.1, 0.15) is 43.5 Å². The number of pyridine rings is 1. The van der Waals surface area contributed by atoms with Crippen LogP contribution in [-0.2, 0) is 0 Å². The van der Waals surface area contributed by atoms with Crippen LogP contribution in [0.4, 0.5) is 4.79 Å². The van der Waals surface area contributed by atoms with Crippen molar-refractivity contribution in [3.05, 3.63) is 59.9 Å². The predicted octanol–water partition coefficient (Wildman–Crippen LogP) is 3.76. The van der Waals surface area contributed by atoms with Crippen LogP contribution in [0, 0.1) is 0 Å². The minimum Gasteiger partial charge on any atom is -0.496 e. The van der Waals surface area contributed by atoms with Gasteiger partial charge in [-0.1, -0.05) is 24.3 Å². The summed E-state index contributed by atoms with van der Waals surface area (Å²) in [5.74, 6) is 0.741. The standard InChI is InChI=1S/C20H25N3O2/c1-15-9-6-8-14-23(15)20(24)22-19(17-11-5-7-13-21-17)16-10-3-4-12-18(16)25-2/h3-5,7,10-13,15,19H,6,8-9,14H2,1-2H3,(H,22,24)/t15-,19+/m0/s1. The number of likely N-dealkylation sites (tertiary alicyclic amines) is 1. The van der Waals surface area contributed by atoms with Crippen molar-refractivity contribution in [2.24, 2.45) is 0 Å². The molecule has 1 fully saturated rings. The van der Waals surface area contributed by atoms with E-state index in [9.17, 15) is 4.79 Å². The number of rotatable bonds is 4. The van der Waals surface area contributed by atoms with Crippen molar-refractivity contribution in [2.45, 2.75) is 38.3 Å². The lowest BCUT2D eigenvalue weighted by Crippen LogP contribution is -2.48. The third kappa shape index (κ3) is 3.92. The fourth-order valence-corrected chi connectivity index (χ4v) is 3.37. The second-order valence-corrected chi connectivity index (χ2v) is 6.42. The summed E-state index contributed by atoms with van der Waals surface area (Å²) in [5.41, 5.74) is 1.70. The number of methoxy groups -OCH3 is 1. The van der Waals surface area contributed by atoms with Gasteiger partial charge in [0.15, 0.2) is 0 Å². The maximum absolute atomic E-state index is 12.9. The van der Waals surface area contributed by atoms with E-state index < -0.39 is 0 Å². The molecule has 132 valence electrons. The summed E-state index contributed by atoms with van der Waals surface area (Å²) >= 11 is 0. The van der Waals surface area contributed by atoms with Gasteiger partial charge in [0.2, 0.25) is 0 Å². The summed E-state index contributed by atoms with van der Waals surface area (Å²) in [5, 5.41) is 3.17. The molecule has 1 saturated heterocycles. The largest absolute Gasteiger partial charge is 0.496 e. The van der Waals surface area contributed by atoms with Crippen molar-refractivity contribution in [1.82, 2.24) is 15.2 Å². The molecule has 0 spiro atoms. The van der Waals surface area contributed by atoms with Gasteiger partial charge in [0.05, 0.1) is 12.8 Å². The molecule has 0 aliphatic carbocycles. The Balaban J connectivity index is 1.91. The second-order valence-electron chi connectivity index (χ2n) is 6.42. The highest BCUT2D eigenvalue weighted by molar-refractivity contribution is 5.76. The highest BCUT2D eigenvalue weighted by Gasteiger charge is 2.27. The summed E-state index contributed by atoms with van der Waals surface area (Å²) in [6, 6.07) is 13.3. The van der Waals surface area contributed by atoms with E-state index in [1.807, 2.05) is 47.4 Å². The van der Waals surface area contributed by atoms with E-state index in [2.05, 4.69) is 17.2 Å². The number of benzene rings is 1. The van der Waals surface area contributed by atoms with Crippen molar-refractivity contribution < 1.29 is 9.53 Å². The minimum atomic E-state index is -0.348. The van der Waals surface area contributed by atoms with Gasteiger partial charge in [0.25, 0.3) is 0 Å². The van der Waals surface area contributed by atoms with Crippen molar-refractivity contribution >= 4 is 6.03 Å². The molecule has 5 heteroatoms. The molecular formula is C20H25N3O2. The van der Waals surface area contributed by atoms with E-state index in [-0.39, 0.29) is 18.1 Å².